The first-order valence-electron chi connectivity index (χ1n) is 9.11. The lowest BCUT2D eigenvalue weighted by Crippen LogP contribution is -2.32. The van der Waals surface area contributed by atoms with Crippen molar-refractivity contribution in [1.29, 1.82) is 0 Å². The Kier molecular flexibility index (Phi) is 6.50. The zero-order chi connectivity index (χ0) is 18.2. The molecule has 0 spiro atoms. The quantitative estimate of drug-likeness (QED) is 0.776. The number of hydrogen-bond donors (Lipinski definition) is 1. The maximum atomic E-state index is 12.4. The van der Waals surface area contributed by atoms with Crippen LogP contribution in [0, 0.1) is 0 Å². The normalized spacial score (nSPS) is 17.5. The van der Waals surface area contributed by atoms with Gasteiger partial charge in [0.2, 0.25) is 0 Å². The SMILES string of the molecule is CCC(Oc1ccccc1)C(=O)Nc1ccc(OCC2CCCO2)cc1. The molecule has 0 saturated carbocycles. The van der Waals surface area contributed by atoms with Gasteiger partial charge in [0.1, 0.15) is 18.1 Å². The molecule has 0 radical (unpaired) electrons. The molecule has 0 bridgehead atoms. The molecule has 26 heavy (non-hydrogen) atoms. The summed E-state index contributed by atoms with van der Waals surface area (Å²) in [4.78, 5) is 12.4. The van der Waals surface area contributed by atoms with E-state index in [1.165, 1.54) is 0 Å². The summed E-state index contributed by atoms with van der Waals surface area (Å²) in [6.45, 7) is 3.31. The minimum absolute atomic E-state index is 0.163. The van der Waals surface area contributed by atoms with E-state index in [2.05, 4.69) is 5.32 Å². The van der Waals surface area contributed by atoms with Crippen molar-refractivity contribution >= 4 is 11.6 Å². The zero-order valence-electron chi connectivity index (χ0n) is 15.0. The summed E-state index contributed by atoms with van der Waals surface area (Å²) in [5, 5.41) is 2.89. The van der Waals surface area contributed by atoms with E-state index < -0.39 is 6.10 Å². The summed E-state index contributed by atoms with van der Waals surface area (Å²) in [7, 11) is 0. The molecule has 2 aromatic rings. The van der Waals surface area contributed by atoms with Crippen molar-refractivity contribution in [2.24, 2.45) is 0 Å². The van der Waals surface area contributed by atoms with Gasteiger partial charge in [-0.05, 0) is 55.7 Å². The van der Waals surface area contributed by atoms with Crippen LogP contribution in [0.1, 0.15) is 26.2 Å². The first-order chi connectivity index (χ1) is 12.7. The molecular weight excluding hydrogens is 330 g/mol. The summed E-state index contributed by atoms with van der Waals surface area (Å²) >= 11 is 0. The van der Waals surface area contributed by atoms with Gasteiger partial charge in [0.15, 0.2) is 6.10 Å². The van der Waals surface area contributed by atoms with Crippen LogP contribution in [0.5, 0.6) is 11.5 Å². The number of nitrogens with one attached hydrogen (secondary N) is 1. The Balaban J connectivity index is 1.51. The van der Waals surface area contributed by atoms with E-state index in [0.717, 1.165) is 30.9 Å². The van der Waals surface area contributed by atoms with Crippen LogP contribution >= 0.6 is 0 Å². The first kappa shape index (κ1) is 18.3. The van der Waals surface area contributed by atoms with Crippen LogP contribution in [0.3, 0.4) is 0 Å². The zero-order valence-corrected chi connectivity index (χ0v) is 15.0. The molecule has 2 unspecified atom stereocenters. The van der Waals surface area contributed by atoms with E-state index in [9.17, 15) is 4.79 Å². The molecule has 1 saturated heterocycles. The largest absolute Gasteiger partial charge is 0.491 e. The summed E-state index contributed by atoms with van der Waals surface area (Å²) in [5.74, 6) is 1.29. The summed E-state index contributed by atoms with van der Waals surface area (Å²) < 4.78 is 17.0. The fourth-order valence-corrected chi connectivity index (χ4v) is 2.81. The Morgan fingerprint density at radius 1 is 1.15 bits per heavy atom. The van der Waals surface area contributed by atoms with E-state index >= 15 is 0 Å². The van der Waals surface area contributed by atoms with Gasteiger partial charge >= 0.3 is 0 Å². The molecule has 0 aromatic heterocycles. The molecule has 5 nitrogen and oxygen atoms in total. The molecule has 3 rings (SSSR count). The summed E-state index contributed by atoms with van der Waals surface area (Å²) in [6, 6.07) is 16.7. The highest BCUT2D eigenvalue weighted by Crippen LogP contribution is 2.19. The van der Waals surface area contributed by atoms with Crippen molar-refractivity contribution < 1.29 is 19.0 Å². The Morgan fingerprint density at radius 3 is 2.58 bits per heavy atom. The van der Waals surface area contributed by atoms with Crippen molar-refractivity contribution in [2.75, 3.05) is 18.5 Å². The Labute approximate surface area is 154 Å². The van der Waals surface area contributed by atoms with Crippen LogP contribution in [0.15, 0.2) is 54.6 Å². The maximum Gasteiger partial charge on any atom is 0.265 e. The van der Waals surface area contributed by atoms with E-state index in [0.29, 0.717) is 18.8 Å². The van der Waals surface area contributed by atoms with Crippen molar-refractivity contribution in [1.82, 2.24) is 0 Å². The Morgan fingerprint density at radius 2 is 1.92 bits per heavy atom. The fraction of sp³-hybridized carbons (Fsp3) is 0.381. The molecule has 1 N–H and O–H groups in total. The highest BCUT2D eigenvalue weighted by atomic mass is 16.5. The molecule has 1 fully saturated rings. The van der Waals surface area contributed by atoms with Crippen LogP contribution in [0.4, 0.5) is 5.69 Å². The second-order valence-electron chi connectivity index (χ2n) is 6.29. The van der Waals surface area contributed by atoms with E-state index in [4.69, 9.17) is 14.2 Å². The maximum absolute atomic E-state index is 12.4. The molecule has 5 heteroatoms. The highest BCUT2D eigenvalue weighted by molar-refractivity contribution is 5.94. The van der Waals surface area contributed by atoms with Gasteiger partial charge in [-0.15, -0.1) is 0 Å². The third-order valence-electron chi connectivity index (χ3n) is 4.27. The molecule has 0 aliphatic carbocycles. The van der Waals surface area contributed by atoms with Crippen LogP contribution in [0.25, 0.3) is 0 Å². The van der Waals surface area contributed by atoms with Gasteiger partial charge in [-0.1, -0.05) is 25.1 Å². The molecule has 1 amide bonds. The number of anilines is 1. The smallest absolute Gasteiger partial charge is 0.265 e. The number of ether oxygens (including phenoxy) is 3. The van der Waals surface area contributed by atoms with Crippen LogP contribution in [-0.2, 0) is 9.53 Å². The summed E-state index contributed by atoms with van der Waals surface area (Å²) in [6.07, 6.45) is 2.39. The molecule has 1 aliphatic heterocycles. The van der Waals surface area contributed by atoms with E-state index in [-0.39, 0.29) is 12.0 Å². The molecule has 2 atom stereocenters. The van der Waals surface area contributed by atoms with Crippen molar-refractivity contribution in [3.63, 3.8) is 0 Å². The van der Waals surface area contributed by atoms with Gasteiger partial charge in [-0.25, -0.2) is 0 Å². The lowest BCUT2D eigenvalue weighted by atomic mass is 10.2. The second kappa shape index (κ2) is 9.25. The predicted octanol–water partition coefficient (Wildman–Crippen LogP) is 4.04. The number of rotatable bonds is 8. The average Bonchev–Trinajstić information content (AvgIpc) is 3.20. The topological polar surface area (TPSA) is 56.8 Å². The lowest BCUT2D eigenvalue weighted by molar-refractivity contribution is -0.122. The molecule has 138 valence electrons. The van der Waals surface area contributed by atoms with Crippen LogP contribution < -0.4 is 14.8 Å². The monoisotopic (exact) mass is 355 g/mol. The van der Waals surface area contributed by atoms with E-state index in [1.54, 1.807) is 0 Å². The van der Waals surface area contributed by atoms with Crippen LogP contribution in [0.2, 0.25) is 0 Å². The summed E-state index contributed by atoms with van der Waals surface area (Å²) in [5.41, 5.74) is 0.717. The third kappa shape index (κ3) is 5.23. The third-order valence-corrected chi connectivity index (χ3v) is 4.27. The van der Waals surface area contributed by atoms with E-state index in [1.807, 2.05) is 61.5 Å². The average molecular weight is 355 g/mol. The standard InChI is InChI=1S/C21H25NO4/c1-2-20(26-18-7-4-3-5-8-18)21(23)22-16-10-12-17(13-11-16)25-15-19-9-6-14-24-19/h3-5,7-8,10-13,19-20H,2,6,9,14-15H2,1H3,(H,22,23). The van der Waals surface area contributed by atoms with Gasteiger partial charge in [0, 0.05) is 12.3 Å². The number of benzene rings is 2. The lowest BCUT2D eigenvalue weighted by Gasteiger charge is -2.17. The van der Waals surface area contributed by atoms with Crippen molar-refractivity contribution in [3.05, 3.63) is 54.6 Å². The van der Waals surface area contributed by atoms with Crippen molar-refractivity contribution in [2.45, 2.75) is 38.4 Å². The number of carbonyl (C=O) groups is 1. The number of carbonyl (C=O) groups excluding carboxylic acids is 1. The predicted molar refractivity (Wildman–Crippen MR) is 101 cm³/mol. The van der Waals surface area contributed by atoms with Crippen molar-refractivity contribution in [3.8, 4) is 11.5 Å². The van der Waals surface area contributed by atoms with Gasteiger partial charge in [-0.3, -0.25) is 4.79 Å². The van der Waals surface area contributed by atoms with Gasteiger partial charge < -0.3 is 19.5 Å². The first-order valence-corrected chi connectivity index (χ1v) is 9.11. The highest BCUT2D eigenvalue weighted by Gasteiger charge is 2.19. The van der Waals surface area contributed by atoms with Gasteiger partial charge in [0.25, 0.3) is 5.91 Å². The second-order valence-corrected chi connectivity index (χ2v) is 6.29. The Hall–Kier alpha value is -2.53. The van der Waals surface area contributed by atoms with Crippen LogP contribution in [-0.4, -0.2) is 31.3 Å². The minimum Gasteiger partial charge on any atom is -0.491 e. The Bertz CT molecular complexity index is 681. The number of amides is 1. The van der Waals surface area contributed by atoms with Gasteiger partial charge in [0.05, 0.1) is 6.10 Å². The fourth-order valence-electron chi connectivity index (χ4n) is 2.81. The number of para-hydroxylation sites is 1. The molecule has 2 aromatic carbocycles. The molecule has 1 heterocycles. The molecular formula is C21H25NO4. The minimum atomic E-state index is -0.534. The molecule has 1 aliphatic rings. The van der Waals surface area contributed by atoms with Gasteiger partial charge in [-0.2, -0.15) is 0 Å². The number of hydrogen-bond acceptors (Lipinski definition) is 4.